The van der Waals surface area contributed by atoms with Gasteiger partial charge in [0.05, 0.1) is 31.9 Å². The van der Waals surface area contributed by atoms with Crippen molar-refractivity contribution in [1.29, 1.82) is 0 Å². The lowest BCUT2D eigenvalue weighted by atomic mass is 9.99. The van der Waals surface area contributed by atoms with Crippen LogP contribution in [0.4, 0.5) is 5.82 Å². The molecule has 53 heavy (non-hydrogen) atoms. The molecule has 4 aromatic heterocycles. The Bertz CT molecular complexity index is 2250. The second-order valence-electron chi connectivity index (χ2n) is 12.4. The van der Waals surface area contributed by atoms with Crippen LogP contribution in [0, 0.1) is 27.7 Å². The van der Waals surface area contributed by atoms with E-state index in [9.17, 15) is 13.0 Å². The summed E-state index contributed by atoms with van der Waals surface area (Å²) >= 11 is 1.06. The van der Waals surface area contributed by atoms with Gasteiger partial charge in [0.2, 0.25) is 0 Å². The first-order valence-electron chi connectivity index (χ1n) is 17.4. The number of aromatic nitrogens is 4. The highest BCUT2D eigenvalue weighted by atomic mass is 32.3. The lowest BCUT2D eigenvalue weighted by Crippen LogP contribution is -2.10. The van der Waals surface area contributed by atoms with Crippen LogP contribution in [-0.2, 0) is 43.9 Å². The number of benzene rings is 2. The Hall–Kier alpha value is -4.44. The molecule has 2 aromatic carbocycles. The fraction of sp³-hybridized carbons (Fsp3) is 0.359. The van der Waals surface area contributed by atoms with E-state index in [0.717, 1.165) is 90.0 Å². The third-order valence-corrected chi connectivity index (χ3v) is 11.0. The maximum atomic E-state index is 12.1. The van der Waals surface area contributed by atoms with Gasteiger partial charge < -0.3 is 24.1 Å². The molecule has 0 fully saturated rings. The minimum absolute atomic E-state index is 0.0499. The van der Waals surface area contributed by atoms with Gasteiger partial charge in [0.15, 0.2) is 10.0 Å². The lowest BCUT2D eigenvalue weighted by molar-refractivity contribution is 0.0799. The zero-order chi connectivity index (χ0) is 38.1. The zero-order valence-electron chi connectivity index (χ0n) is 31.2. The molecule has 6 rings (SSSR count). The Morgan fingerprint density at radius 3 is 2.40 bits per heavy atom. The van der Waals surface area contributed by atoms with Gasteiger partial charge in [0, 0.05) is 52.1 Å². The molecule has 2 N–H and O–H groups in total. The lowest BCUT2D eigenvalue weighted by Gasteiger charge is -2.13. The third kappa shape index (κ3) is 9.76. The molecule has 282 valence electrons. The van der Waals surface area contributed by atoms with Crippen LogP contribution in [0.1, 0.15) is 52.6 Å². The molecule has 14 heteroatoms. The Labute approximate surface area is 314 Å². The quantitative estimate of drug-likeness (QED) is 0.0593. The summed E-state index contributed by atoms with van der Waals surface area (Å²) in [7, 11) is -2.72. The van der Waals surface area contributed by atoms with E-state index in [2.05, 4.69) is 35.6 Å². The average molecular weight is 762 g/mol. The zero-order valence-corrected chi connectivity index (χ0v) is 32.9. The van der Waals surface area contributed by atoms with Gasteiger partial charge in [0.1, 0.15) is 18.2 Å². The molecule has 0 aliphatic rings. The monoisotopic (exact) mass is 761 g/mol. The summed E-state index contributed by atoms with van der Waals surface area (Å²) < 4.78 is 56.9. The number of nitrogens with zero attached hydrogens (tertiary/aromatic N) is 4. The first kappa shape index (κ1) is 39.8. The van der Waals surface area contributed by atoms with Crippen LogP contribution in [0.3, 0.4) is 0 Å². The van der Waals surface area contributed by atoms with E-state index in [1.54, 1.807) is 13.2 Å². The molecule has 0 spiro atoms. The summed E-state index contributed by atoms with van der Waals surface area (Å²) in [5.74, 6) is 1.56. The summed E-state index contributed by atoms with van der Waals surface area (Å²) in [6.45, 7) is 14.6. The summed E-state index contributed by atoms with van der Waals surface area (Å²) in [5.41, 5.74) is 9.01. The van der Waals surface area contributed by atoms with Crippen molar-refractivity contribution in [3.05, 3.63) is 99.4 Å². The Morgan fingerprint density at radius 2 is 1.74 bits per heavy atom. The standard InChI is InChI=1S/C30H31N3O4S2.C9H16N2O3/c1-5-24-16-27-28(20(4)31-24)29(22-10-8-7-9-11-22)32-33(27)17-21-12-13-25(23(15-21)18-37-6-2)26-14-19(3)38-30(26)39(34,35)36;1-7-8(2)14-11-9(7)10-6-13-5-4-12-3/h7-16H,5-6,17-18H2,1-4H3,(H,34,35,36);4-6H2,1-3H3,(H,10,11). The van der Waals surface area contributed by atoms with Crippen LogP contribution in [0.5, 0.6) is 0 Å². The highest BCUT2D eigenvalue weighted by molar-refractivity contribution is 7.88. The average Bonchev–Trinajstić information content (AvgIpc) is 3.82. The number of aryl methyl sites for hydroxylation is 4. The normalized spacial score (nSPS) is 11.5. The van der Waals surface area contributed by atoms with Gasteiger partial charge in [0.25, 0.3) is 0 Å². The van der Waals surface area contributed by atoms with E-state index in [1.807, 2.05) is 75.7 Å². The van der Waals surface area contributed by atoms with Crippen molar-refractivity contribution < 1.29 is 31.7 Å². The highest BCUT2D eigenvalue weighted by Gasteiger charge is 2.23. The maximum Gasteiger partial charge on any atom is 0.304 e. The molecular formula is C39H47N5O7S2. The SMILES string of the molecule is CCOCc1cc(Cn2nc(-c3ccccc3)c3c(C)nc(CC)cc32)ccc1-c1cc(C)sc1S(=O)(=O)O.COCCOCNc1noc(C)c1C. The Kier molecular flexibility index (Phi) is 13.5. The molecule has 0 unspecified atom stereocenters. The van der Waals surface area contributed by atoms with E-state index in [1.165, 1.54) is 0 Å². The summed E-state index contributed by atoms with van der Waals surface area (Å²) in [6.07, 6.45) is 0.825. The minimum Gasteiger partial charge on any atom is -0.382 e. The number of hydrogen-bond donors (Lipinski definition) is 2. The van der Waals surface area contributed by atoms with Crippen LogP contribution in [0.15, 0.2) is 69.4 Å². The molecule has 6 aromatic rings. The van der Waals surface area contributed by atoms with Crippen LogP contribution >= 0.6 is 11.3 Å². The van der Waals surface area contributed by atoms with Crippen molar-refractivity contribution in [2.45, 2.75) is 65.3 Å². The van der Waals surface area contributed by atoms with Crippen LogP contribution in [0.2, 0.25) is 0 Å². The van der Waals surface area contributed by atoms with Gasteiger partial charge in [-0.25, -0.2) is 0 Å². The third-order valence-electron chi connectivity index (χ3n) is 8.62. The van der Waals surface area contributed by atoms with Crippen molar-refractivity contribution in [3.63, 3.8) is 0 Å². The number of thiophene rings is 1. The molecular weight excluding hydrogens is 715 g/mol. The smallest absolute Gasteiger partial charge is 0.304 e. The highest BCUT2D eigenvalue weighted by Crippen LogP contribution is 2.38. The fourth-order valence-corrected chi connectivity index (χ4v) is 7.85. The van der Waals surface area contributed by atoms with Crippen molar-refractivity contribution in [2.24, 2.45) is 0 Å². The number of ether oxygens (including phenoxy) is 3. The van der Waals surface area contributed by atoms with E-state index < -0.39 is 10.1 Å². The van der Waals surface area contributed by atoms with Crippen molar-refractivity contribution in [2.75, 3.05) is 39.0 Å². The van der Waals surface area contributed by atoms with Crippen molar-refractivity contribution in [1.82, 2.24) is 19.9 Å². The van der Waals surface area contributed by atoms with Gasteiger partial charge in [-0.05, 0) is 69.9 Å². The van der Waals surface area contributed by atoms with E-state index in [4.69, 9.17) is 28.8 Å². The first-order chi connectivity index (χ1) is 25.4. The maximum absolute atomic E-state index is 12.1. The number of hydrogen-bond acceptors (Lipinski definition) is 11. The molecule has 12 nitrogen and oxygen atoms in total. The van der Waals surface area contributed by atoms with Crippen LogP contribution in [-0.4, -0.2) is 66.6 Å². The molecule has 0 aliphatic carbocycles. The van der Waals surface area contributed by atoms with Gasteiger partial charge in [-0.2, -0.15) is 13.5 Å². The number of rotatable bonds is 15. The second kappa shape index (κ2) is 18.1. The number of anilines is 1. The minimum atomic E-state index is -4.36. The fourth-order valence-electron chi connectivity index (χ4n) is 5.84. The second-order valence-corrected chi connectivity index (χ2v) is 15.3. The van der Waals surface area contributed by atoms with Gasteiger partial charge in [-0.1, -0.05) is 60.6 Å². The number of methoxy groups -OCH3 is 1. The molecule has 4 heterocycles. The largest absolute Gasteiger partial charge is 0.382 e. The van der Waals surface area contributed by atoms with Crippen molar-refractivity contribution in [3.8, 4) is 22.4 Å². The Morgan fingerprint density at radius 1 is 0.962 bits per heavy atom. The molecule has 0 amide bonds. The molecule has 0 radical (unpaired) electrons. The molecule has 0 saturated heterocycles. The van der Waals surface area contributed by atoms with Gasteiger partial charge in [-0.15, -0.1) is 11.3 Å². The van der Waals surface area contributed by atoms with Crippen molar-refractivity contribution >= 4 is 38.2 Å². The molecule has 0 bridgehead atoms. The number of nitrogens with one attached hydrogen (secondary N) is 1. The summed E-state index contributed by atoms with van der Waals surface area (Å²) in [6, 6.07) is 20.0. The Balaban J connectivity index is 0.000000326. The summed E-state index contributed by atoms with van der Waals surface area (Å²) in [4.78, 5) is 5.61. The summed E-state index contributed by atoms with van der Waals surface area (Å²) in [5, 5.41) is 12.9. The van der Waals surface area contributed by atoms with Gasteiger partial charge in [-0.3, -0.25) is 14.2 Å². The predicted octanol–water partition coefficient (Wildman–Crippen LogP) is 8.16. The molecule has 0 atom stereocenters. The van der Waals surface area contributed by atoms with Crippen LogP contribution < -0.4 is 5.32 Å². The first-order valence-corrected chi connectivity index (χ1v) is 19.6. The van der Waals surface area contributed by atoms with Crippen LogP contribution in [0.25, 0.3) is 33.3 Å². The molecule has 0 saturated carbocycles. The van der Waals surface area contributed by atoms with Gasteiger partial charge >= 0.3 is 10.1 Å². The number of fused-ring (bicyclic) bond motifs is 1. The van der Waals surface area contributed by atoms with E-state index in [0.29, 0.717) is 45.3 Å². The molecule has 0 aliphatic heterocycles. The van der Waals surface area contributed by atoms with E-state index in [-0.39, 0.29) is 4.21 Å². The number of pyridine rings is 1. The van der Waals surface area contributed by atoms with E-state index >= 15 is 0 Å². The predicted molar refractivity (Wildman–Crippen MR) is 208 cm³/mol. The topological polar surface area (TPSA) is 151 Å².